The average molecular weight is 389 g/mol. The van der Waals surface area contributed by atoms with Crippen LogP contribution in [0.15, 0.2) is 36.9 Å². The molecular formula is C18H23N5O3S. The molecule has 1 atom stereocenters. The van der Waals surface area contributed by atoms with Gasteiger partial charge in [-0.05, 0) is 30.5 Å². The van der Waals surface area contributed by atoms with Gasteiger partial charge in [0.05, 0.1) is 11.5 Å². The molecule has 3 rings (SSSR count). The Morgan fingerprint density at radius 1 is 1.22 bits per heavy atom. The van der Waals surface area contributed by atoms with Crippen LogP contribution in [-0.4, -0.2) is 72.4 Å². The van der Waals surface area contributed by atoms with Gasteiger partial charge in [0.25, 0.3) is 5.91 Å². The van der Waals surface area contributed by atoms with Gasteiger partial charge in [-0.25, -0.2) is 18.4 Å². The molecular weight excluding hydrogens is 366 g/mol. The summed E-state index contributed by atoms with van der Waals surface area (Å²) in [7, 11) is 0.549. The van der Waals surface area contributed by atoms with Crippen LogP contribution < -0.4 is 4.90 Å². The number of aromatic nitrogens is 3. The fourth-order valence-electron chi connectivity index (χ4n) is 3.07. The number of sulfone groups is 1. The van der Waals surface area contributed by atoms with Crippen LogP contribution in [0.25, 0.3) is 0 Å². The smallest absolute Gasteiger partial charge is 0.272 e. The van der Waals surface area contributed by atoms with Crippen LogP contribution in [0.1, 0.15) is 22.5 Å². The number of nitrogens with zero attached hydrogens (tertiary/aromatic N) is 5. The summed E-state index contributed by atoms with van der Waals surface area (Å²) < 4.78 is 23.4. The summed E-state index contributed by atoms with van der Waals surface area (Å²) >= 11 is 0. The number of amides is 1. The third-order valence-electron chi connectivity index (χ3n) is 4.82. The van der Waals surface area contributed by atoms with Gasteiger partial charge < -0.3 is 9.80 Å². The first-order valence-electron chi connectivity index (χ1n) is 8.75. The fraction of sp³-hybridized carbons (Fsp3) is 0.444. The summed E-state index contributed by atoms with van der Waals surface area (Å²) in [6, 6.07) is 5.34. The normalized spacial score (nSPS) is 18.2. The van der Waals surface area contributed by atoms with Crippen molar-refractivity contribution in [1.82, 2.24) is 19.9 Å². The van der Waals surface area contributed by atoms with Crippen LogP contribution in [0.5, 0.6) is 0 Å². The predicted molar refractivity (Wildman–Crippen MR) is 102 cm³/mol. The van der Waals surface area contributed by atoms with Crippen molar-refractivity contribution in [3.05, 3.63) is 48.2 Å². The maximum absolute atomic E-state index is 12.7. The summed E-state index contributed by atoms with van der Waals surface area (Å²) in [5.74, 6) is 0.664. The summed E-state index contributed by atoms with van der Waals surface area (Å²) in [4.78, 5) is 28.4. The van der Waals surface area contributed by atoms with E-state index in [9.17, 15) is 13.2 Å². The van der Waals surface area contributed by atoms with Crippen molar-refractivity contribution in [2.75, 3.05) is 37.0 Å². The minimum Gasteiger partial charge on any atom is -0.356 e. The number of carbonyl (C=O) groups excluding carboxylic acids is 1. The minimum absolute atomic E-state index is 0.114. The predicted octanol–water partition coefficient (Wildman–Crippen LogP) is 0.810. The molecule has 0 aromatic carbocycles. The number of likely N-dealkylation sites (N-methyl/N-ethyl adjacent to an activating group) is 1. The van der Waals surface area contributed by atoms with Gasteiger partial charge >= 0.3 is 0 Å². The Morgan fingerprint density at radius 2 is 1.96 bits per heavy atom. The Bertz CT molecular complexity index is 904. The Labute approximate surface area is 159 Å². The van der Waals surface area contributed by atoms with E-state index in [0.29, 0.717) is 24.5 Å². The molecule has 1 amide bonds. The number of pyridine rings is 1. The van der Waals surface area contributed by atoms with E-state index in [0.717, 1.165) is 12.0 Å². The average Bonchev–Trinajstić information content (AvgIpc) is 3.05. The van der Waals surface area contributed by atoms with Crippen molar-refractivity contribution in [3.8, 4) is 0 Å². The second-order valence-corrected chi connectivity index (χ2v) is 8.99. The lowest BCUT2D eigenvalue weighted by molar-refractivity contribution is 0.0790. The standard InChI is InChI=1S/C18H23N5O3S/c1-22(9-5-14-3-7-19-8-4-14)18(24)16-11-17(21-13-20-16)23(2)15-6-10-27(25,26)12-15/h3-4,7-8,11,13,15H,5-6,9-10,12H2,1-2H3. The van der Waals surface area contributed by atoms with Gasteiger partial charge in [-0.2, -0.15) is 0 Å². The molecule has 1 saturated heterocycles. The van der Waals surface area contributed by atoms with Crippen molar-refractivity contribution < 1.29 is 13.2 Å². The van der Waals surface area contributed by atoms with Crippen molar-refractivity contribution in [1.29, 1.82) is 0 Å². The molecule has 0 radical (unpaired) electrons. The molecule has 3 heterocycles. The van der Waals surface area contributed by atoms with E-state index in [1.165, 1.54) is 6.33 Å². The maximum atomic E-state index is 12.7. The fourth-order valence-corrected chi connectivity index (χ4v) is 4.84. The highest BCUT2D eigenvalue weighted by Crippen LogP contribution is 2.21. The zero-order chi connectivity index (χ0) is 19.4. The minimum atomic E-state index is -2.99. The third kappa shape index (κ3) is 4.79. The molecule has 0 aliphatic carbocycles. The molecule has 2 aromatic heterocycles. The second-order valence-electron chi connectivity index (χ2n) is 6.76. The molecule has 1 unspecified atom stereocenters. The summed E-state index contributed by atoms with van der Waals surface area (Å²) in [6.07, 6.45) is 6.10. The molecule has 144 valence electrons. The number of hydrogen-bond donors (Lipinski definition) is 0. The van der Waals surface area contributed by atoms with E-state index < -0.39 is 9.84 Å². The van der Waals surface area contributed by atoms with Crippen molar-refractivity contribution in [2.24, 2.45) is 0 Å². The lowest BCUT2D eigenvalue weighted by Gasteiger charge is -2.25. The Morgan fingerprint density at radius 3 is 2.63 bits per heavy atom. The quantitative estimate of drug-likeness (QED) is 0.721. The van der Waals surface area contributed by atoms with Crippen molar-refractivity contribution >= 4 is 21.6 Å². The number of hydrogen-bond acceptors (Lipinski definition) is 7. The molecule has 9 heteroatoms. The number of rotatable bonds is 6. The molecule has 1 aliphatic rings. The monoisotopic (exact) mass is 389 g/mol. The van der Waals surface area contributed by atoms with Crippen molar-refractivity contribution in [3.63, 3.8) is 0 Å². The van der Waals surface area contributed by atoms with E-state index >= 15 is 0 Å². The first-order chi connectivity index (χ1) is 12.9. The molecule has 0 N–H and O–H groups in total. The molecule has 27 heavy (non-hydrogen) atoms. The van der Waals surface area contributed by atoms with Gasteiger partial charge in [-0.1, -0.05) is 0 Å². The van der Waals surface area contributed by atoms with Crippen LogP contribution in [-0.2, 0) is 16.3 Å². The van der Waals surface area contributed by atoms with Crippen LogP contribution in [0.4, 0.5) is 5.82 Å². The molecule has 1 fully saturated rings. The molecule has 0 bridgehead atoms. The number of carbonyl (C=O) groups is 1. The van der Waals surface area contributed by atoms with E-state index in [4.69, 9.17) is 0 Å². The topological polar surface area (TPSA) is 96.4 Å². The lowest BCUT2D eigenvalue weighted by atomic mass is 10.2. The third-order valence-corrected chi connectivity index (χ3v) is 6.57. The Hall–Kier alpha value is -2.55. The van der Waals surface area contributed by atoms with E-state index in [1.807, 2.05) is 17.0 Å². The van der Waals surface area contributed by atoms with Gasteiger partial charge in [0.2, 0.25) is 0 Å². The summed E-state index contributed by atoms with van der Waals surface area (Å²) in [6.45, 7) is 0.554. The SMILES string of the molecule is CN(CCc1ccncc1)C(=O)c1cc(N(C)C2CCS(=O)(=O)C2)ncn1. The zero-order valence-electron chi connectivity index (χ0n) is 15.4. The maximum Gasteiger partial charge on any atom is 0.272 e. The lowest BCUT2D eigenvalue weighted by Crippen LogP contribution is -2.34. The Kier molecular flexibility index (Phi) is 5.69. The van der Waals surface area contributed by atoms with Crippen LogP contribution in [0, 0.1) is 0 Å². The van der Waals surface area contributed by atoms with E-state index in [1.54, 1.807) is 37.5 Å². The van der Waals surface area contributed by atoms with Gasteiger partial charge in [0.1, 0.15) is 17.8 Å². The van der Waals surface area contributed by atoms with Gasteiger partial charge in [0.15, 0.2) is 9.84 Å². The van der Waals surface area contributed by atoms with E-state index in [-0.39, 0.29) is 23.5 Å². The van der Waals surface area contributed by atoms with Gasteiger partial charge in [-0.3, -0.25) is 9.78 Å². The molecule has 8 nitrogen and oxygen atoms in total. The summed E-state index contributed by atoms with van der Waals surface area (Å²) in [5.41, 5.74) is 1.40. The first-order valence-corrected chi connectivity index (χ1v) is 10.6. The Balaban J connectivity index is 1.66. The van der Waals surface area contributed by atoms with Crippen LogP contribution in [0.2, 0.25) is 0 Å². The van der Waals surface area contributed by atoms with Crippen LogP contribution in [0.3, 0.4) is 0 Å². The van der Waals surface area contributed by atoms with E-state index in [2.05, 4.69) is 15.0 Å². The highest BCUT2D eigenvalue weighted by molar-refractivity contribution is 7.91. The first kappa shape index (κ1) is 19.2. The number of anilines is 1. The second kappa shape index (κ2) is 7.99. The summed E-state index contributed by atoms with van der Waals surface area (Å²) in [5, 5.41) is 0. The molecule has 0 saturated carbocycles. The molecule has 1 aliphatic heterocycles. The van der Waals surface area contributed by atoms with Crippen LogP contribution >= 0.6 is 0 Å². The van der Waals surface area contributed by atoms with Gasteiger partial charge in [0, 0.05) is 45.1 Å². The molecule has 0 spiro atoms. The van der Waals surface area contributed by atoms with Crippen molar-refractivity contribution in [2.45, 2.75) is 18.9 Å². The highest BCUT2D eigenvalue weighted by atomic mass is 32.2. The molecule has 2 aromatic rings. The van der Waals surface area contributed by atoms with Gasteiger partial charge in [-0.15, -0.1) is 0 Å². The zero-order valence-corrected chi connectivity index (χ0v) is 16.3. The largest absolute Gasteiger partial charge is 0.356 e. The highest BCUT2D eigenvalue weighted by Gasteiger charge is 2.31.